The topological polar surface area (TPSA) is 78.0 Å². The van der Waals surface area contributed by atoms with Gasteiger partial charge in [0.25, 0.3) is 0 Å². The zero-order valence-electron chi connectivity index (χ0n) is 16.6. The van der Waals surface area contributed by atoms with E-state index in [-0.39, 0.29) is 18.7 Å². The Kier molecular flexibility index (Phi) is 7.33. The number of hydrogen-bond acceptors (Lipinski definition) is 6. The van der Waals surface area contributed by atoms with E-state index in [4.69, 9.17) is 17.5 Å². The predicted octanol–water partition coefficient (Wildman–Crippen LogP) is 3.47. The van der Waals surface area contributed by atoms with Gasteiger partial charge < -0.3 is 10.0 Å². The van der Waals surface area contributed by atoms with Gasteiger partial charge in [-0.2, -0.15) is 10.4 Å². The van der Waals surface area contributed by atoms with Crippen LogP contribution in [0.2, 0.25) is 0 Å². The number of aliphatic hydroxyl groups is 1. The van der Waals surface area contributed by atoms with Crippen LogP contribution in [0.5, 0.6) is 0 Å². The van der Waals surface area contributed by atoms with E-state index in [9.17, 15) is 13.9 Å². The summed E-state index contributed by atoms with van der Waals surface area (Å²) >= 11 is 6.86. The third-order valence-corrected chi connectivity index (χ3v) is 6.28. The molecule has 6 nitrogen and oxygen atoms in total. The molecular formula is C21H19F2N5OS2. The normalized spacial score (nSPS) is 12.7. The SMILES string of the molecule is CN(CC(O)(Cn1cncn1)c1ccc(F)cc1F)C(=S)SCc1ccc(C#N)cc1. The van der Waals surface area contributed by atoms with Crippen molar-refractivity contribution in [2.45, 2.75) is 17.9 Å². The molecule has 0 saturated carbocycles. The predicted molar refractivity (Wildman–Crippen MR) is 118 cm³/mol. The van der Waals surface area contributed by atoms with Crippen LogP contribution in [-0.4, -0.2) is 42.7 Å². The Morgan fingerprint density at radius 3 is 2.65 bits per heavy atom. The van der Waals surface area contributed by atoms with Crippen LogP contribution in [0.3, 0.4) is 0 Å². The largest absolute Gasteiger partial charge is 0.381 e. The molecule has 0 bridgehead atoms. The minimum atomic E-state index is -1.74. The number of nitriles is 1. The molecule has 0 fully saturated rings. The summed E-state index contributed by atoms with van der Waals surface area (Å²) in [6, 6.07) is 12.3. The van der Waals surface area contributed by atoms with Crippen LogP contribution in [0, 0.1) is 23.0 Å². The standard InChI is InChI=1S/C21H19F2N5OS2/c1-27(20(30)31-10-16-4-2-15(9-24)3-5-16)11-21(29,12-28-14-25-13-26-28)18-7-6-17(22)8-19(18)23/h2-8,13-14,29H,10-12H2,1H3. The second kappa shape index (κ2) is 9.96. The van der Waals surface area contributed by atoms with Crippen LogP contribution in [0.4, 0.5) is 8.78 Å². The summed E-state index contributed by atoms with van der Waals surface area (Å²) in [7, 11) is 1.70. The molecule has 0 saturated heterocycles. The minimum Gasteiger partial charge on any atom is -0.381 e. The van der Waals surface area contributed by atoms with Crippen molar-refractivity contribution in [3.05, 3.63) is 83.4 Å². The third-order valence-electron chi connectivity index (χ3n) is 4.58. The molecule has 0 spiro atoms. The van der Waals surface area contributed by atoms with Crippen LogP contribution in [0.25, 0.3) is 0 Å². The molecule has 0 aliphatic heterocycles. The van der Waals surface area contributed by atoms with Gasteiger partial charge in [-0.05, 0) is 23.8 Å². The van der Waals surface area contributed by atoms with Crippen molar-refractivity contribution in [1.29, 1.82) is 5.26 Å². The molecule has 1 atom stereocenters. The summed E-state index contributed by atoms with van der Waals surface area (Å²) in [5.41, 5.74) is -0.231. The first-order valence-corrected chi connectivity index (χ1v) is 10.6. The minimum absolute atomic E-state index is 0.0470. The molecule has 0 aliphatic carbocycles. The first kappa shape index (κ1) is 22.8. The van der Waals surface area contributed by atoms with Gasteiger partial charge in [0.2, 0.25) is 0 Å². The van der Waals surface area contributed by atoms with Crippen molar-refractivity contribution in [3.63, 3.8) is 0 Å². The maximum atomic E-state index is 14.5. The summed E-state index contributed by atoms with van der Waals surface area (Å²) in [6.45, 7) is -0.141. The smallest absolute Gasteiger partial charge is 0.137 e. The van der Waals surface area contributed by atoms with E-state index in [1.807, 2.05) is 12.1 Å². The summed E-state index contributed by atoms with van der Waals surface area (Å²) in [5.74, 6) is -1.01. The maximum Gasteiger partial charge on any atom is 0.137 e. The van der Waals surface area contributed by atoms with Crippen molar-refractivity contribution in [2.24, 2.45) is 0 Å². The fourth-order valence-corrected chi connectivity index (χ4v) is 4.07. The second-order valence-corrected chi connectivity index (χ2v) is 8.58. The number of likely N-dealkylation sites (N-methyl/N-ethyl adjacent to an activating group) is 1. The van der Waals surface area contributed by atoms with E-state index in [1.165, 1.54) is 35.2 Å². The molecule has 1 aromatic heterocycles. The molecule has 2 aromatic carbocycles. The van der Waals surface area contributed by atoms with Crippen LogP contribution in [-0.2, 0) is 17.9 Å². The Bertz CT molecular complexity index is 1090. The van der Waals surface area contributed by atoms with Crippen LogP contribution < -0.4 is 0 Å². The fourth-order valence-electron chi connectivity index (χ4n) is 3.06. The quantitative estimate of drug-likeness (QED) is 0.542. The van der Waals surface area contributed by atoms with Crippen molar-refractivity contribution < 1.29 is 13.9 Å². The highest BCUT2D eigenvalue weighted by atomic mass is 32.2. The summed E-state index contributed by atoms with van der Waals surface area (Å²) in [4.78, 5) is 5.49. The van der Waals surface area contributed by atoms with Gasteiger partial charge >= 0.3 is 0 Å². The van der Waals surface area contributed by atoms with Crippen LogP contribution in [0.15, 0.2) is 55.1 Å². The number of thiocarbonyl (C=S) groups is 1. The van der Waals surface area contributed by atoms with E-state index in [1.54, 1.807) is 24.1 Å². The highest BCUT2D eigenvalue weighted by Gasteiger charge is 2.35. The van der Waals surface area contributed by atoms with E-state index >= 15 is 0 Å². The van der Waals surface area contributed by atoms with E-state index in [0.717, 1.165) is 17.7 Å². The van der Waals surface area contributed by atoms with E-state index < -0.39 is 17.2 Å². The van der Waals surface area contributed by atoms with Gasteiger partial charge in [0.15, 0.2) is 0 Å². The van der Waals surface area contributed by atoms with Crippen molar-refractivity contribution in [1.82, 2.24) is 19.7 Å². The Labute approximate surface area is 188 Å². The lowest BCUT2D eigenvalue weighted by molar-refractivity contribution is -0.00240. The van der Waals surface area contributed by atoms with E-state index in [2.05, 4.69) is 16.2 Å². The van der Waals surface area contributed by atoms with Gasteiger partial charge in [0.1, 0.15) is 34.2 Å². The van der Waals surface area contributed by atoms with Crippen LogP contribution >= 0.6 is 24.0 Å². The molecule has 31 heavy (non-hydrogen) atoms. The summed E-state index contributed by atoms with van der Waals surface area (Å²) in [6.07, 6.45) is 2.72. The zero-order chi connectivity index (χ0) is 22.4. The Hall–Kier alpha value is -2.87. The maximum absolute atomic E-state index is 14.5. The molecule has 1 unspecified atom stereocenters. The number of nitrogens with zero attached hydrogens (tertiary/aromatic N) is 5. The lowest BCUT2D eigenvalue weighted by Gasteiger charge is -2.34. The number of benzene rings is 2. The molecule has 0 aliphatic rings. The first-order valence-electron chi connectivity index (χ1n) is 9.18. The fraction of sp³-hybridized carbons (Fsp3) is 0.238. The third kappa shape index (κ3) is 5.85. The van der Waals surface area contributed by atoms with Gasteiger partial charge in [0.05, 0.1) is 24.7 Å². The van der Waals surface area contributed by atoms with Crippen molar-refractivity contribution >= 4 is 28.3 Å². The number of rotatable bonds is 7. The highest BCUT2D eigenvalue weighted by molar-refractivity contribution is 8.22. The number of hydrogen-bond donors (Lipinski definition) is 1. The first-order chi connectivity index (χ1) is 14.8. The average Bonchev–Trinajstić information content (AvgIpc) is 3.24. The number of halogens is 2. The van der Waals surface area contributed by atoms with Crippen molar-refractivity contribution in [3.8, 4) is 6.07 Å². The molecule has 160 valence electrons. The molecule has 3 aromatic rings. The van der Waals surface area contributed by atoms with E-state index in [0.29, 0.717) is 15.6 Å². The molecule has 1 N–H and O–H groups in total. The molecule has 0 amide bonds. The van der Waals surface area contributed by atoms with Crippen molar-refractivity contribution in [2.75, 3.05) is 13.6 Å². The van der Waals surface area contributed by atoms with Gasteiger partial charge in [-0.3, -0.25) is 0 Å². The van der Waals surface area contributed by atoms with Crippen LogP contribution in [0.1, 0.15) is 16.7 Å². The summed E-state index contributed by atoms with van der Waals surface area (Å²) < 4.78 is 29.8. The number of aromatic nitrogens is 3. The lowest BCUT2D eigenvalue weighted by atomic mass is 9.92. The molecule has 0 radical (unpaired) electrons. The van der Waals surface area contributed by atoms with Gasteiger partial charge in [0, 0.05) is 24.4 Å². The molecule has 10 heteroatoms. The zero-order valence-corrected chi connectivity index (χ0v) is 18.2. The average molecular weight is 460 g/mol. The Morgan fingerprint density at radius 2 is 2.03 bits per heavy atom. The molecular weight excluding hydrogens is 440 g/mol. The van der Waals surface area contributed by atoms with Gasteiger partial charge in [-0.15, -0.1) is 0 Å². The van der Waals surface area contributed by atoms with Gasteiger partial charge in [-0.1, -0.05) is 42.2 Å². The Morgan fingerprint density at radius 1 is 1.29 bits per heavy atom. The highest BCUT2D eigenvalue weighted by Crippen LogP contribution is 2.29. The second-order valence-electron chi connectivity index (χ2n) is 6.97. The summed E-state index contributed by atoms with van der Waals surface area (Å²) in [5, 5.41) is 24.3. The molecule has 1 heterocycles. The Balaban J connectivity index is 1.74. The number of thioether (sulfide) groups is 1. The lowest BCUT2D eigenvalue weighted by Crippen LogP contribution is -2.44. The molecule has 3 rings (SSSR count). The van der Waals surface area contributed by atoms with Gasteiger partial charge in [-0.25, -0.2) is 18.4 Å². The monoisotopic (exact) mass is 459 g/mol.